The molecule has 1 heterocycles. The number of carbonyl (C=O) groups is 1. The van der Waals surface area contributed by atoms with Crippen LogP contribution in [-0.4, -0.2) is 30.0 Å². The van der Waals surface area contributed by atoms with E-state index in [-0.39, 0.29) is 12.5 Å². The van der Waals surface area contributed by atoms with E-state index in [4.69, 9.17) is 0 Å². The molecule has 4 nitrogen and oxygen atoms in total. The van der Waals surface area contributed by atoms with Crippen LogP contribution in [0.1, 0.15) is 0 Å². The topological polar surface area (TPSA) is 55.2 Å². The molecule has 0 bridgehead atoms. The highest BCUT2D eigenvalue weighted by Gasteiger charge is 2.09. The Morgan fingerprint density at radius 2 is 2.62 bits per heavy atom. The predicted molar refractivity (Wildman–Crippen MR) is 27.6 cm³/mol. The first kappa shape index (κ1) is 5.08. The molecule has 1 amide bonds. The number of hydrogen-bond donors (Lipinski definition) is 1. The van der Waals surface area contributed by atoms with Gasteiger partial charge < -0.3 is 10.5 Å². The van der Waals surface area contributed by atoms with Crippen LogP contribution in [0.25, 0.3) is 0 Å². The highest BCUT2D eigenvalue weighted by molar-refractivity contribution is 5.81. The van der Waals surface area contributed by atoms with Crippen LogP contribution in [0.3, 0.4) is 0 Å². The zero-order valence-corrected chi connectivity index (χ0v) is 4.26. The molecule has 0 radical (unpaired) electrons. The highest BCUT2D eigenvalue weighted by Crippen LogP contribution is 1.75. The Labute approximate surface area is 46.4 Å². The van der Waals surface area contributed by atoms with Crippen LogP contribution in [0.4, 0.5) is 0 Å². The molecule has 4 heteroatoms. The smallest absolute Gasteiger partial charge is 0.287 e. The van der Waals surface area contributed by atoms with Gasteiger partial charge in [0.1, 0.15) is 0 Å². The average Bonchev–Trinajstić information content (AvgIpc) is 1.64. The van der Waals surface area contributed by atoms with Gasteiger partial charge in [0.05, 0.1) is 6.54 Å². The predicted octanol–water partition coefficient (Wildman–Crippen LogP) is -1.30. The molecule has 0 spiro atoms. The Bertz CT molecular complexity index is 141. The fourth-order valence-electron chi connectivity index (χ4n) is 0.523. The fraction of sp³-hybridized carbons (Fsp3) is 0.500. The number of rotatable bonds is 0. The Kier molecular flexibility index (Phi) is 1.15. The zero-order valence-electron chi connectivity index (χ0n) is 4.26. The van der Waals surface area contributed by atoms with Crippen molar-refractivity contribution in [2.75, 3.05) is 13.1 Å². The van der Waals surface area contributed by atoms with Gasteiger partial charge in [0, 0.05) is 0 Å². The van der Waals surface area contributed by atoms with E-state index in [0.29, 0.717) is 11.3 Å². The van der Waals surface area contributed by atoms with E-state index in [1.165, 1.54) is 6.21 Å². The fourth-order valence-corrected chi connectivity index (χ4v) is 0.523. The molecule has 0 atom stereocenters. The number of hydrogen-bond acceptors (Lipinski definition) is 2. The Hall–Kier alpha value is -1.06. The van der Waals surface area contributed by atoms with E-state index in [1.54, 1.807) is 0 Å². The average molecular weight is 114 g/mol. The van der Waals surface area contributed by atoms with E-state index >= 15 is 0 Å². The molecule has 8 heavy (non-hydrogen) atoms. The van der Waals surface area contributed by atoms with Crippen molar-refractivity contribution in [2.45, 2.75) is 0 Å². The van der Waals surface area contributed by atoms with Gasteiger partial charge in [-0.2, -0.15) is 0 Å². The van der Waals surface area contributed by atoms with Gasteiger partial charge in [0.25, 0.3) is 5.91 Å². The largest absolute Gasteiger partial charge is 0.624 e. The molecule has 1 rings (SSSR count). The Morgan fingerprint density at radius 1 is 1.88 bits per heavy atom. The number of carbonyl (C=O) groups excluding carboxylic acids is 1. The van der Waals surface area contributed by atoms with Crippen molar-refractivity contribution >= 4 is 12.1 Å². The molecule has 0 unspecified atom stereocenters. The third kappa shape index (κ3) is 0.959. The van der Waals surface area contributed by atoms with E-state index in [9.17, 15) is 10.0 Å². The quantitative estimate of drug-likeness (QED) is 0.314. The summed E-state index contributed by atoms with van der Waals surface area (Å²) in [6.45, 7) is 0.308. The lowest BCUT2D eigenvalue weighted by atomic mass is 10.5. The lowest BCUT2D eigenvalue weighted by molar-refractivity contribution is -0.443. The number of nitrogens with zero attached hydrogens (tertiary/aromatic N) is 1. The molecule has 0 aromatic carbocycles. The van der Waals surface area contributed by atoms with Crippen LogP contribution in [0, 0.1) is 5.21 Å². The second-order valence-electron chi connectivity index (χ2n) is 1.56. The van der Waals surface area contributed by atoms with E-state index < -0.39 is 0 Å². The minimum atomic E-state index is -0.206. The minimum absolute atomic E-state index is 0.0556. The summed E-state index contributed by atoms with van der Waals surface area (Å²) in [4.78, 5) is 10.3. The molecule has 0 saturated heterocycles. The molecule has 1 aliphatic heterocycles. The maximum absolute atomic E-state index is 10.3. The third-order valence-corrected chi connectivity index (χ3v) is 0.894. The van der Waals surface area contributed by atoms with Gasteiger partial charge in [-0.1, -0.05) is 0 Å². The number of amides is 1. The van der Waals surface area contributed by atoms with E-state index in [2.05, 4.69) is 5.32 Å². The first-order valence-electron chi connectivity index (χ1n) is 2.33. The normalized spacial score (nSPS) is 19.5. The minimum Gasteiger partial charge on any atom is -0.624 e. The summed E-state index contributed by atoms with van der Waals surface area (Å²) in [5.41, 5.74) is 0. The molecule has 0 saturated carbocycles. The second-order valence-corrected chi connectivity index (χ2v) is 1.56. The van der Waals surface area contributed by atoms with Gasteiger partial charge in [-0.05, 0) is 0 Å². The van der Waals surface area contributed by atoms with Crippen molar-refractivity contribution in [2.24, 2.45) is 0 Å². The summed E-state index contributed by atoms with van der Waals surface area (Å²) in [6, 6.07) is 0. The van der Waals surface area contributed by atoms with Gasteiger partial charge in [-0.25, -0.2) is 4.74 Å². The van der Waals surface area contributed by atoms with Crippen molar-refractivity contribution in [1.29, 1.82) is 0 Å². The lowest BCUT2D eigenvalue weighted by Crippen LogP contribution is -2.38. The van der Waals surface area contributed by atoms with Crippen LogP contribution in [0.2, 0.25) is 0 Å². The van der Waals surface area contributed by atoms with Gasteiger partial charge in [0.2, 0.25) is 6.54 Å². The van der Waals surface area contributed by atoms with Crippen molar-refractivity contribution in [3.8, 4) is 0 Å². The van der Waals surface area contributed by atoms with Crippen LogP contribution < -0.4 is 5.32 Å². The number of nitrogens with one attached hydrogen (secondary N) is 1. The second kappa shape index (κ2) is 1.81. The SMILES string of the molecule is O=C1C[N+]([O-])=CCN1. The van der Waals surface area contributed by atoms with Crippen LogP contribution >= 0.6 is 0 Å². The summed E-state index contributed by atoms with van der Waals surface area (Å²) >= 11 is 0. The van der Waals surface area contributed by atoms with Gasteiger partial charge in [0.15, 0.2) is 6.21 Å². The Balaban J connectivity index is 2.57. The molecule has 0 aliphatic carbocycles. The van der Waals surface area contributed by atoms with Gasteiger partial charge in [-0.15, -0.1) is 0 Å². The summed E-state index contributed by atoms with van der Waals surface area (Å²) in [5.74, 6) is -0.206. The van der Waals surface area contributed by atoms with Crippen LogP contribution in [0.5, 0.6) is 0 Å². The van der Waals surface area contributed by atoms with E-state index in [1.807, 2.05) is 0 Å². The molecular weight excluding hydrogens is 108 g/mol. The van der Waals surface area contributed by atoms with Gasteiger partial charge >= 0.3 is 0 Å². The molecule has 1 aliphatic rings. The molecule has 1 N–H and O–H groups in total. The van der Waals surface area contributed by atoms with Crippen molar-refractivity contribution in [3.63, 3.8) is 0 Å². The summed E-state index contributed by atoms with van der Waals surface area (Å²) in [6.07, 6.45) is 1.39. The molecule has 0 aromatic rings. The van der Waals surface area contributed by atoms with Gasteiger partial charge in [-0.3, -0.25) is 4.79 Å². The molecule has 0 fully saturated rings. The van der Waals surface area contributed by atoms with Crippen LogP contribution in [-0.2, 0) is 4.79 Å². The summed E-state index contributed by atoms with van der Waals surface area (Å²) in [5, 5.41) is 12.8. The first-order chi connectivity index (χ1) is 3.79. The maximum atomic E-state index is 10.3. The third-order valence-electron chi connectivity index (χ3n) is 0.894. The highest BCUT2D eigenvalue weighted by atomic mass is 16.5. The number of hydroxylamine groups is 1. The lowest BCUT2D eigenvalue weighted by Gasteiger charge is -2.08. The van der Waals surface area contributed by atoms with Crippen molar-refractivity contribution < 1.29 is 9.53 Å². The van der Waals surface area contributed by atoms with Crippen LogP contribution in [0.15, 0.2) is 0 Å². The monoisotopic (exact) mass is 114 g/mol. The van der Waals surface area contributed by atoms with E-state index in [0.717, 1.165) is 0 Å². The summed E-state index contributed by atoms with van der Waals surface area (Å²) < 4.78 is 0.624. The molecular formula is C4H6N2O2. The van der Waals surface area contributed by atoms with Crippen molar-refractivity contribution in [3.05, 3.63) is 5.21 Å². The van der Waals surface area contributed by atoms with Crippen molar-refractivity contribution in [1.82, 2.24) is 5.32 Å². The summed E-state index contributed by atoms with van der Waals surface area (Å²) in [7, 11) is 0. The first-order valence-corrected chi connectivity index (χ1v) is 2.33. The standard InChI is InChI=1S/C4H6N2O2/c7-4-3-6(8)2-1-5-4/h2H,1,3H2,(H,5,7). The molecule has 44 valence electrons. The maximum Gasteiger partial charge on any atom is 0.287 e. The Morgan fingerprint density at radius 3 is 3.00 bits per heavy atom. The molecule has 0 aromatic heterocycles. The zero-order chi connectivity index (χ0) is 5.98.